The number of hydrogen-bond acceptors (Lipinski definition) is 4. The van der Waals surface area contributed by atoms with Gasteiger partial charge in [0, 0.05) is 24.8 Å². The van der Waals surface area contributed by atoms with Crippen LogP contribution in [0.1, 0.15) is 32.1 Å². The first kappa shape index (κ1) is 12.6. The highest BCUT2D eigenvalue weighted by Crippen LogP contribution is 2.24. The summed E-state index contributed by atoms with van der Waals surface area (Å²) in [5.41, 5.74) is 0. The number of hydrogen-bond donors (Lipinski definition) is 1. The molecule has 3 heterocycles. The highest BCUT2D eigenvalue weighted by Gasteiger charge is 2.34. The molecule has 6 heteroatoms. The summed E-state index contributed by atoms with van der Waals surface area (Å²) < 4.78 is 1.61. The van der Waals surface area contributed by atoms with Crippen LogP contribution in [0.2, 0.25) is 0 Å². The molecule has 1 aromatic heterocycles. The van der Waals surface area contributed by atoms with Crippen molar-refractivity contribution in [3.63, 3.8) is 0 Å². The van der Waals surface area contributed by atoms with E-state index in [1.165, 1.54) is 19.3 Å². The number of carbonyl (C=O) groups is 1. The second kappa shape index (κ2) is 5.69. The van der Waals surface area contributed by atoms with E-state index in [2.05, 4.69) is 20.5 Å². The molecule has 2 saturated heterocycles. The molecule has 2 aliphatic rings. The molecule has 0 spiro atoms. The van der Waals surface area contributed by atoms with Gasteiger partial charge >= 0.3 is 0 Å². The highest BCUT2D eigenvalue weighted by molar-refractivity contribution is 5.76. The number of aromatic nitrogens is 3. The van der Waals surface area contributed by atoms with Crippen LogP contribution in [0, 0.1) is 0 Å². The third-order valence-corrected chi connectivity index (χ3v) is 4.20. The first-order valence-corrected chi connectivity index (χ1v) is 7.21. The Morgan fingerprint density at radius 3 is 3.00 bits per heavy atom. The van der Waals surface area contributed by atoms with Crippen molar-refractivity contribution in [3.8, 4) is 0 Å². The Kier molecular flexibility index (Phi) is 3.77. The van der Waals surface area contributed by atoms with Gasteiger partial charge in [0.05, 0.1) is 6.20 Å². The third-order valence-electron chi connectivity index (χ3n) is 4.20. The van der Waals surface area contributed by atoms with Crippen molar-refractivity contribution >= 4 is 5.91 Å². The summed E-state index contributed by atoms with van der Waals surface area (Å²) in [7, 11) is 0. The van der Waals surface area contributed by atoms with Gasteiger partial charge in [0.25, 0.3) is 0 Å². The number of nitrogens with one attached hydrogen (secondary N) is 1. The molecule has 2 unspecified atom stereocenters. The third kappa shape index (κ3) is 2.78. The molecule has 0 aliphatic carbocycles. The Morgan fingerprint density at radius 2 is 2.26 bits per heavy atom. The van der Waals surface area contributed by atoms with Crippen molar-refractivity contribution in [2.24, 2.45) is 0 Å². The minimum Gasteiger partial charge on any atom is -0.337 e. The van der Waals surface area contributed by atoms with E-state index < -0.39 is 0 Å². The van der Waals surface area contributed by atoms with E-state index >= 15 is 0 Å². The zero-order valence-corrected chi connectivity index (χ0v) is 11.2. The molecule has 0 radical (unpaired) electrons. The first-order valence-electron chi connectivity index (χ1n) is 7.21. The van der Waals surface area contributed by atoms with Crippen molar-refractivity contribution in [1.82, 2.24) is 25.2 Å². The average Bonchev–Trinajstić information content (AvgIpc) is 3.11. The second-order valence-corrected chi connectivity index (χ2v) is 5.45. The maximum Gasteiger partial charge on any atom is 0.244 e. The SMILES string of the molecule is O=C(Cn1ccnn1)N1CCCCC1C1CCCN1. The molecule has 1 aromatic rings. The lowest BCUT2D eigenvalue weighted by molar-refractivity contribution is -0.136. The smallest absolute Gasteiger partial charge is 0.244 e. The van der Waals surface area contributed by atoms with E-state index in [1.54, 1.807) is 17.1 Å². The summed E-state index contributed by atoms with van der Waals surface area (Å²) in [5, 5.41) is 11.2. The molecule has 19 heavy (non-hydrogen) atoms. The van der Waals surface area contributed by atoms with Crippen LogP contribution in [-0.4, -0.2) is 51.0 Å². The standard InChI is InChI=1S/C13H21N5O/c19-13(10-17-9-7-15-16-17)18-8-2-1-5-12(18)11-4-3-6-14-11/h7,9,11-12,14H,1-6,8,10H2. The number of likely N-dealkylation sites (tertiary alicyclic amines) is 1. The summed E-state index contributed by atoms with van der Waals surface area (Å²) >= 11 is 0. The van der Waals surface area contributed by atoms with E-state index in [-0.39, 0.29) is 5.91 Å². The zero-order valence-electron chi connectivity index (χ0n) is 11.2. The molecule has 0 bridgehead atoms. The van der Waals surface area contributed by atoms with Crippen LogP contribution in [0.5, 0.6) is 0 Å². The van der Waals surface area contributed by atoms with Gasteiger partial charge in [-0.25, -0.2) is 4.68 Å². The molecular weight excluding hydrogens is 242 g/mol. The van der Waals surface area contributed by atoms with E-state index in [0.717, 1.165) is 25.9 Å². The minimum atomic E-state index is 0.170. The fourth-order valence-electron chi connectivity index (χ4n) is 3.27. The largest absolute Gasteiger partial charge is 0.337 e. The molecular formula is C13H21N5O. The number of piperidine rings is 1. The predicted molar refractivity (Wildman–Crippen MR) is 70.4 cm³/mol. The molecule has 6 nitrogen and oxygen atoms in total. The van der Waals surface area contributed by atoms with Crippen LogP contribution in [0.25, 0.3) is 0 Å². The topological polar surface area (TPSA) is 63.1 Å². The Hall–Kier alpha value is -1.43. The van der Waals surface area contributed by atoms with Crippen LogP contribution in [0.3, 0.4) is 0 Å². The Bertz CT molecular complexity index is 413. The lowest BCUT2D eigenvalue weighted by Crippen LogP contribution is -2.53. The minimum absolute atomic E-state index is 0.170. The van der Waals surface area contributed by atoms with Gasteiger partial charge in [0.15, 0.2) is 0 Å². The van der Waals surface area contributed by atoms with Crippen LogP contribution in [0.15, 0.2) is 12.4 Å². The number of rotatable bonds is 3. The van der Waals surface area contributed by atoms with Crippen molar-refractivity contribution in [2.45, 2.75) is 50.7 Å². The quantitative estimate of drug-likeness (QED) is 0.858. The molecule has 0 saturated carbocycles. The van der Waals surface area contributed by atoms with Crippen molar-refractivity contribution in [1.29, 1.82) is 0 Å². The van der Waals surface area contributed by atoms with E-state index in [1.807, 2.05) is 0 Å². The fourth-order valence-corrected chi connectivity index (χ4v) is 3.27. The molecule has 2 fully saturated rings. The van der Waals surface area contributed by atoms with Crippen molar-refractivity contribution < 1.29 is 4.79 Å². The van der Waals surface area contributed by atoms with Gasteiger partial charge < -0.3 is 10.2 Å². The Labute approximate surface area is 113 Å². The fraction of sp³-hybridized carbons (Fsp3) is 0.769. The van der Waals surface area contributed by atoms with Gasteiger partial charge in [-0.15, -0.1) is 5.10 Å². The van der Waals surface area contributed by atoms with E-state index in [0.29, 0.717) is 18.6 Å². The van der Waals surface area contributed by atoms with Crippen molar-refractivity contribution in [3.05, 3.63) is 12.4 Å². The maximum atomic E-state index is 12.4. The molecule has 104 valence electrons. The summed E-state index contributed by atoms with van der Waals surface area (Å²) in [6, 6.07) is 0.854. The molecule has 3 rings (SSSR count). The van der Waals surface area contributed by atoms with Crippen LogP contribution in [0.4, 0.5) is 0 Å². The lowest BCUT2D eigenvalue weighted by Gasteiger charge is -2.39. The Morgan fingerprint density at radius 1 is 1.32 bits per heavy atom. The summed E-state index contributed by atoms with van der Waals surface area (Å²) in [6.45, 7) is 2.28. The van der Waals surface area contributed by atoms with E-state index in [9.17, 15) is 4.79 Å². The average molecular weight is 263 g/mol. The van der Waals surface area contributed by atoms with Gasteiger partial charge in [-0.3, -0.25) is 4.79 Å². The Balaban J connectivity index is 1.67. The molecule has 2 aliphatic heterocycles. The first-order chi connectivity index (χ1) is 9.34. The lowest BCUT2D eigenvalue weighted by atomic mass is 9.94. The van der Waals surface area contributed by atoms with Gasteiger partial charge in [0.2, 0.25) is 5.91 Å². The summed E-state index contributed by atoms with van der Waals surface area (Å²) in [5.74, 6) is 0.170. The second-order valence-electron chi connectivity index (χ2n) is 5.45. The highest BCUT2D eigenvalue weighted by atomic mass is 16.2. The summed E-state index contributed by atoms with van der Waals surface area (Å²) in [4.78, 5) is 14.5. The summed E-state index contributed by atoms with van der Waals surface area (Å²) in [6.07, 6.45) is 9.25. The number of carbonyl (C=O) groups excluding carboxylic acids is 1. The van der Waals surface area contributed by atoms with E-state index in [4.69, 9.17) is 0 Å². The van der Waals surface area contributed by atoms with Gasteiger partial charge in [-0.2, -0.15) is 0 Å². The van der Waals surface area contributed by atoms with Crippen LogP contribution >= 0.6 is 0 Å². The normalized spacial score (nSPS) is 27.7. The van der Waals surface area contributed by atoms with Gasteiger partial charge in [-0.05, 0) is 38.6 Å². The number of amides is 1. The maximum absolute atomic E-state index is 12.4. The molecule has 0 aromatic carbocycles. The van der Waals surface area contributed by atoms with Crippen LogP contribution in [-0.2, 0) is 11.3 Å². The van der Waals surface area contributed by atoms with Crippen LogP contribution < -0.4 is 5.32 Å². The van der Waals surface area contributed by atoms with Gasteiger partial charge in [-0.1, -0.05) is 5.21 Å². The zero-order chi connectivity index (χ0) is 13.1. The molecule has 1 amide bonds. The molecule has 2 atom stereocenters. The predicted octanol–water partition coefficient (Wildman–Crippen LogP) is 0.411. The number of nitrogens with zero attached hydrogens (tertiary/aromatic N) is 4. The monoisotopic (exact) mass is 263 g/mol. The van der Waals surface area contributed by atoms with Gasteiger partial charge in [0.1, 0.15) is 6.54 Å². The molecule has 1 N–H and O–H groups in total. The van der Waals surface area contributed by atoms with Crippen molar-refractivity contribution in [2.75, 3.05) is 13.1 Å².